The van der Waals surface area contributed by atoms with Gasteiger partial charge in [0.2, 0.25) is 18.2 Å². The van der Waals surface area contributed by atoms with Crippen molar-refractivity contribution in [1.82, 2.24) is 43.4 Å². The molecule has 0 saturated heterocycles. The predicted molar refractivity (Wildman–Crippen MR) is 456 cm³/mol. The number of unbranched alkanes of at least 4 members (excludes halogenated alkanes) is 18. The van der Waals surface area contributed by atoms with Gasteiger partial charge in [0.25, 0.3) is 0 Å². The number of aromatic hydroxyl groups is 1. The molecule has 2 heterocycles. The van der Waals surface area contributed by atoms with Crippen molar-refractivity contribution in [2.75, 3.05) is 60.6 Å². The fourth-order valence-electron chi connectivity index (χ4n) is 12.3. The molecule has 31 nitrogen and oxygen atoms in total. The van der Waals surface area contributed by atoms with Crippen molar-refractivity contribution < 1.29 is 62.3 Å². The average Bonchev–Trinajstić information content (AvgIpc) is 0.789. The van der Waals surface area contributed by atoms with Crippen molar-refractivity contribution in [1.29, 1.82) is 0 Å². The molecule has 6 rings (SSSR count). The van der Waals surface area contributed by atoms with Crippen LogP contribution in [0.2, 0.25) is 0 Å². The second-order valence-corrected chi connectivity index (χ2v) is 27.3. The number of carbonyl (C=O) groups is 3. The first kappa shape index (κ1) is 98.2. The number of rotatable bonds is 52. The Hall–Kier alpha value is -12.2. The molecule has 0 aliphatic rings. The van der Waals surface area contributed by atoms with Gasteiger partial charge in [-0.2, -0.15) is 0 Å². The van der Waals surface area contributed by atoms with Crippen LogP contribution in [0, 0.1) is 0 Å². The summed E-state index contributed by atoms with van der Waals surface area (Å²) in [4.78, 5) is 158. The monoisotopic (exact) mass is 1630 g/mol. The summed E-state index contributed by atoms with van der Waals surface area (Å²) in [6.07, 6.45) is 34.4. The van der Waals surface area contributed by atoms with Crippen LogP contribution in [0.25, 0.3) is 24.3 Å². The Morgan fingerprint density at radius 1 is 0.331 bits per heavy atom. The molecule has 4 N–H and O–H groups in total. The van der Waals surface area contributed by atoms with E-state index in [2.05, 4.69) is 30.9 Å². The van der Waals surface area contributed by atoms with Gasteiger partial charge in [-0.3, -0.25) is 0 Å². The quantitative estimate of drug-likeness (QED) is 0.0156. The van der Waals surface area contributed by atoms with Gasteiger partial charge in [0.15, 0.2) is 34.5 Å². The third kappa shape index (κ3) is 37.2. The Balaban J connectivity index is 0.000000502. The second kappa shape index (κ2) is 59.5. The maximum Gasteiger partial charge on any atom is 0.412 e. The van der Waals surface area contributed by atoms with Gasteiger partial charge in [-0.15, -0.1) is 0 Å². The van der Waals surface area contributed by atoms with Crippen LogP contribution in [0.15, 0.2) is 147 Å². The number of hydrogen-bond donors (Lipinski definition) is 4. The van der Waals surface area contributed by atoms with Crippen LogP contribution in [0.5, 0.6) is 40.2 Å². The minimum atomic E-state index is -0.643. The van der Waals surface area contributed by atoms with E-state index in [1.54, 1.807) is 48.5 Å². The van der Waals surface area contributed by atoms with Gasteiger partial charge in [0.05, 0.1) is 41.0 Å². The average molecular weight is 1640 g/mol. The molecular weight excluding hydrogens is 1520 g/mol. The fraction of sp³-hybridized carbons (Fsp3) is 0.494. The molecule has 0 atom stereocenters. The highest BCUT2D eigenvalue weighted by molar-refractivity contribution is 5.73. The standard InChI is InChI=1S/C53H70N6O11.C24H36N6O6.C10H12O2/c1-6-21-40-24-28-43(29-25-40)68-48(60)54-32-15-9-12-18-35-57-51(63)58(36-19-13-10-16-33-55-49(61)69-44-30-26-41(22-7-2)38-46(44)66-4)53(65)59(52(57)64)37-20-14-11-17-34-56-50(62)70-45-31-27-42(23-8-3)39-47(45)67-5;31-19-25-13-7-1-4-10-16-28-22(34)29(17-11-5-2-8-14-26-20-32)24(36)30(23(28)35)18-12-6-3-9-15-27-21-33;1-3-4-8-5-6-9(11)10(7-8)12-2/h6-8,21-31,38-39H,9-20,32-37H2,1-5H3,(H,54,60)(H,55,61)(H,56,62);1-18H2;3-7,11H,1-2H3. The highest BCUT2D eigenvalue weighted by Crippen LogP contribution is 2.31. The number of nitrogens with one attached hydrogen (secondary N) is 3. The van der Waals surface area contributed by atoms with Gasteiger partial charge in [0.1, 0.15) is 5.75 Å². The minimum Gasteiger partial charge on any atom is -0.504 e. The van der Waals surface area contributed by atoms with Crippen molar-refractivity contribution in [3.05, 3.63) is 188 Å². The molecule has 0 aliphatic carbocycles. The number of isocyanates is 3. The molecule has 0 spiro atoms. The minimum absolute atomic E-state index is 0.131. The summed E-state index contributed by atoms with van der Waals surface area (Å²) >= 11 is 0. The first-order valence-corrected chi connectivity index (χ1v) is 40.6. The van der Waals surface area contributed by atoms with E-state index in [9.17, 15) is 62.6 Å². The molecule has 0 radical (unpaired) electrons. The molecule has 6 aromatic rings. The number of hydrogen-bond acceptors (Lipinski definition) is 22. The maximum atomic E-state index is 13.7. The molecule has 0 unspecified atom stereocenters. The molecular formula is C87H118N12O19. The molecule has 640 valence electrons. The van der Waals surface area contributed by atoms with Crippen molar-refractivity contribution in [2.24, 2.45) is 15.0 Å². The zero-order valence-corrected chi connectivity index (χ0v) is 69.4. The fourth-order valence-corrected chi connectivity index (χ4v) is 12.3. The van der Waals surface area contributed by atoms with Crippen LogP contribution in [-0.4, -0.2) is 130 Å². The highest BCUT2D eigenvalue weighted by Gasteiger charge is 2.19. The van der Waals surface area contributed by atoms with Crippen LogP contribution in [0.4, 0.5) is 14.4 Å². The number of methoxy groups -OCH3 is 3. The van der Waals surface area contributed by atoms with Crippen molar-refractivity contribution in [2.45, 2.75) is 221 Å². The Morgan fingerprint density at radius 2 is 0.585 bits per heavy atom. The highest BCUT2D eigenvalue weighted by atomic mass is 16.6. The van der Waals surface area contributed by atoms with E-state index in [4.69, 9.17) is 28.4 Å². The summed E-state index contributed by atoms with van der Waals surface area (Å²) in [6.45, 7) is 11.1. The van der Waals surface area contributed by atoms with E-state index in [0.29, 0.717) is 164 Å². The largest absolute Gasteiger partial charge is 0.504 e. The number of benzene rings is 4. The summed E-state index contributed by atoms with van der Waals surface area (Å²) < 4.78 is 38.8. The molecule has 4 aromatic carbocycles. The number of phenols is 1. The Morgan fingerprint density at radius 3 is 0.873 bits per heavy atom. The van der Waals surface area contributed by atoms with Crippen LogP contribution in [-0.2, 0) is 53.7 Å². The second-order valence-electron chi connectivity index (χ2n) is 27.3. The van der Waals surface area contributed by atoms with Crippen LogP contribution in [0.1, 0.15) is 204 Å². The summed E-state index contributed by atoms with van der Waals surface area (Å²) in [5.74, 6) is 2.60. The number of phenolic OH excluding ortho intramolecular Hbond substituents is 1. The molecule has 0 bridgehead atoms. The number of ether oxygens (including phenoxy) is 6. The van der Waals surface area contributed by atoms with Gasteiger partial charge in [0, 0.05) is 58.9 Å². The third-order valence-corrected chi connectivity index (χ3v) is 18.4. The number of aliphatic imine (C=N–C) groups is 3. The Kier molecular flexibility index (Phi) is 49.5. The van der Waals surface area contributed by atoms with Crippen molar-refractivity contribution in [3.63, 3.8) is 0 Å². The molecule has 2 aromatic heterocycles. The third-order valence-electron chi connectivity index (χ3n) is 18.4. The molecule has 0 saturated carbocycles. The number of allylic oxidation sites excluding steroid dienone is 4. The first-order valence-electron chi connectivity index (χ1n) is 40.6. The van der Waals surface area contributed by atoms with Gasteiger partial charge in [-0.1, -0.05) is 156 Å². The van der Waals surface area contributed by atoms with E-state index < -0.39 is 52.4 Å². The topological polar surface area (TPSA) is 383 Å². The number of aromatic nitrogens is 6. The normalized spacial score (nSPS) is 10.9. The van der Waals surface area contributed by atoms with E-state index in [0.717, 1.165) is 114 Å². The molecule has 3 amide bonds. The van der Waals surface area contributed by atoms with Gasteiger partial charge in [-0.25, -0.2) is 99.9 Å². The molecule has 118 heavy (non-hydrogen) atoms. The van der Waals surface area contributed by atoms with E-state index >= 15 is 0 Å². The number of amides is 3. The zero-order chi connectivity index (χ0) is 85.9. The van der Waals surface area contributed by atoms with Crippen LogP contribution >= 0.6 is 0 Å². The first-order chi connectivity index (χ1) is 57.4. The van der Waals surface area contributed by atoms with Crippen molar-refractivity contribution >= 4 is 60.8 Å². The number of carbonyl (C=O) groups excluding carboxylic acids is 6. The van der Waals surface area contributed by atoms with E-state index in [-0.39, 0.29) is 45.0 Å². The molecule has 0 aliphatic heterocycles. The molecule has 31 heteroatoms. The van der Waals surface area contributed by atoms with Gasteiger partial charge < -0.3 is 49.5 Å². The van der Waals surface area contributed by atoms with Crippen LogP contribution < -0.4 is 78.5 Å². The lowest BCUT2D eigenvalue weighted by atomic mass is 10.2. The zero-order valence-electron chi connectivity index (χ0n) is 69.4. The van der Waals surface area contributed by atoms with Crippen molar-refractivity contribution in [3.8, 4) is 40.2 Å². The number of nitrogens with zero attached hydrogens (tertiary/aromatic N) is 9. The predicted octanol–water partition coefficient (Wildman–Crippen LogP) is 13.6. The summed E-state index contributed by atoms with van der Waals surface area (Å²) in [7, 11) is 4.55. The lowest BCUT2D eigenvalue weighted by Gasteiger charge is -2.14. The Labute approximate surface area is 688 Å². The van der Waals surface area contributed by atoms with Crippen LogP contribution in [0.3, 0.4) is 0 Å². The smallest absolute Gasteiger partial charge is 0.412 e. The maximum absolute atomic E-state index is 13.7. The lowest BCUT2D eigenvalue weighted by Crippen LogP contribution is -2.54. The summed E-state index contributed by atoms with van der Waals surface area (Å²) in [6, 6.07) is 23.0. The van der Waals surface area contributed by atoms with Gasteiger partial charge in [-0.05, 0) is 176 Å². The summed E-state index contributed by atoms with van der Waals surface area (Å²) in [5, 5.41) is 17.5. The summed E-state index contributed by atoms with van der Waals surface area (Å²) in [5.41, 5.74) is 0.143. The van der Waals surface area contributed by atoms with E-state index in [1.165, 1.54) is 39.6 Å². The Bertz CT molecular complexity index is 4420. The molecule has 0 fully saturated rings. The van der Waals surface area contributed by atoms with Gasteiger partial charge >= 0.3 is 52.4 Å². The lowest BCUT2D eigenvalue weighted by molar-refractivity contribution is 0.197. The van der Waals surface area contributed by atoms with E-state index in [1.807, 2.05) is 107 Å². The SMILES string of the molecule is CC=Cc1ccc(O)c(OC)c1.CC=Cc1ccc(OC(=O)NCCCCCCn2c(=O)n(CCCCCCNC(=O)Oc3ccc(C=CC)cc3OC)c(=O)n(CCCCCCNC(=O)Oc3ccc(C=CC)cc3OC)c2=O)cc1.O=C=NCCCCCCn1c(=O)n(CCCCCCN=C=O)c(=O)n(CCCCCCN=C=O)c1=O.